The molecule has 2 aliphatic rings. The van der Waals surface area contributed by atoms with E-state index in [9.17, 15) is 77.3 Å². The first kappa shape index (κ1) is 71.6. The van der Waals surface area contributed by atoms with Crippen LogP contribution in [-0.2, 0) is 67.1 Å². The van der Waals surface area contributed by atoms with Gasteiger partial charge in [0.1, 0.15) is 66.5 Å². The van der Waals surface area contributed by atoms with Gasteiger partial charge in [-0.25, -0.2) is 0 Å². The zero-order chi connectivity index (χ0) is 63.3. The van der Waals surface area contributed by atoms with E-state index in [-0.39, 0.29) is 50.6 Å². The zero-order valence-electron chi connectivity index (χ0n) is 49.5. The van der Waals surface area contributed by atoms with Crippen molar-refractivity contribution in [2.75, 3.05) is 13.1 Å². The molecular weight excluding hydrogens is 1090 g/mol. The van der Waals surface area contributed by atoms with Gasteiger partial charge >= 0.3 is 5.97 Å². The molecule has 14 atom stereocenters. The Morgan fingerprint density at radius 3 is 1.43 bits per heavy atom. The number of nitrogens with zero attached hydrogens (tertiary/aromatic N) is 2. The summed E-state index contributed by atoms with van der Waals surface area (Å²) in [6, 6.07) is -15.7. The van der Waals surface area contributed by atoms with Gasteiger partial charge in [0.25, 0.3) is 0 Å². The van der Waals surface area contributed by atoms with Gasteiger partial charge in [0.15, 0.2) is 0 Å². The van der Waals surface area contributed by atoms with E-state index in [0.29, 0.717) is 19.3 Å². The molecule has 30 heteroatoms. The minimum absolute atomic E-state index is 0.0659. The summed E-state index contributed by atoms with van der Waals surface area (Å²) in [6.07, 6.45) is -2.08. The number of nitrogens with one attached hydrogen (secondary N) is 9. The molecular formula is C53H90N14O16. The molecule has 0 spiro atoms. The van der Waals surface area contributed by atoms with Crippen LogP contribution in [0.15, 0.2) is 0 Å². The van der Waals surface area contributed by atoms with Crippen molar-refractivity contribution < 1.29 is 77.3 Å². The predicted octanol–water partition coefficient (Wildman–Crippen LogP) is -4.52. The first-order valence-electron chi connectivity index (χ1n) is 28.2. The van der Waals surface area contributed by atoms with E-state index < -0.39 is 187 Å². The molecule has 17 N–H and O–H groups in total. The van der Waals surface area contributed by atoms with Gasteiger partial charge in [-0.05, 0) is 97.3 Å². The molecule has 2 heterocycles. The number of aliphatic hydroxyl groups is 1. The maximum Gasteiger partial charge on any atom is 0.305 e. The van der Waals surface area contributed by atoms with Crippen molar-refractivity contribution in [3.05, 3.63) is 0 Å². The molecule has 0 aromatic rings. The minimum atomic E-state index is -1.94. The Labute approximate surface area is 483 Å². The van der Waals surface area contributed by atoms with Crippen LogP contribution in [0.2, 0.25) is 0 Å². The van der Waals surface area contributed by atoms with Gasteiger partial charge in [0.05, 0.1) is 18.6 Å². The van der Waals surface area contributed by atoms with E-state index in [1.807, 2.05) is 13.8 Å². The molecule has 0 radical (unpaired) electrons. The van der Waals surface area contributed by atoms with Crippen molar-refractivity contribution in [2.24, 2.45) is 35.0 Å². The summed E-state index contributed by atoms with van der Waals surface area (Å²) in [5, 5.41) is 42.4. The summed E-state index contributed by atoms with van der Waals surface area (Å²) < 4.78 is 0. The number of amides is 13. The van der Waals surface area contributed by atoms with Crippen LogP contribution in [0.25, 0.3) is 0 Å². The summed E-state index contributed by atoms with van der Waals surface area (Å²) in [5.41, 5.74) is 16.1. The van der Waals surface area contributed by atoms with Crippen LogP contribution in [0.4, 0.5) is 0 Å². The Balaban J connectivity index is 2.36. The van der Waals surface area contributed by atoms with E-state index in [1.165, 1.54) is 37.5 Å². The van der Waals surface area contributed by atoms with Crippen LogP contribution < -0.4 is 65.1 Å². The highest BCUT2D eigenvalue weighted by molar-refractivity contribution is 6.00. The minimum Gasteiger partial charge on any atom is -0.481 e. The van der Waals surface area contributed by atoms with Gasteiger partial charge < -0.3 is 85.1 Å². The fourth-order valence-electron chi connectivity index (χ4n) is 9.21. The first-order valence-corrected chi connectivity index (χ1v) is 28.2. The Kier molecular flexibility index (Phi) is 29.0. The number of nitrogens with two attached hydrogens (primary N) is 3. The molecule has 83 heavy (non-hydrogen) atoms. The summed E-state index contributed by atoms with van der Waals surface area (Å²) in [5.74, 6) is -13.4. The number of carboxylic acid groups (broad SMARTS) is 1. The number of likely N-dealkylation sites (tertiary alicyclic amines) is 2. The van der Waals surface area contributed by atoms with Gasteiger partial charge in [0.2, 0.25) is 76.8 Å². The number of carboxylic acids is 1. The topological polar surface area (TPSA) is 472 Å². The Bertz CT molecular complexity index is 2370. The van der Waals surface area contributed by atoms with Crippen molar-refractivity contribution in [3.63, 3.8) is 0 Å². The van der Waals surface area contributed by atoms with E-state index in [4.69, 9.17) is 17.2 Å². The van der Waals surface area contributed by atoms with Crippen LogP contribution >= 0.6 is 0 Å². The van der Waals surface area contributed by atoms with Crippen LogP contribution in [-0.4, -0.2) is 194 Å². The predicted molar refractivity (Wildman–Crippen MR) is 297 cm³/mol. The van der Waals surface area contributed by atoms with Crippen molar-refractivity contribution in [3.8, 4) is 0 Å². The number of primary amides is 2. The van der Waals surface area contributed by atoms with Crippen LogP contribution in [0.3, 0.4) is 0 Å². The number of aliphatic carboxylic acids is 1. The van der Waals surface area contributed by atoms with Crippen molar-refractivity contribution >= 4 is 82.8 Å². The molecule has 2 aliphatic heterocycles. The van der Waals surface area contributed by atoms with Gasteiger partial charge in [-0.15, -0.1) is 0 Å². The lowest BCUT2D eigenvalue weighted by Crippen LogP contribution is -2.62. The second-order valence-electron chi connectivity index (χ2n) is 22.5. The van der Waals surface area contributed by atoms with Crippen molar-refractivity contribution in [1.29, 1.82) is 0 Å². The molecule has 2 rings (SSSR count). The lowest BCUT2D eigenvalue weighted by atomic mass is 9.96. The third-order valence-electron chi connectivity index (χ3n) is 14.2. The highest BCUT2D eigenvalue weighted by Crippen LogP contribution is 2.25. The average molecular weight is 1180 g/mol. The number of hydrogen-bond donors (Lipinski definition) is 14. The zero-order valence-corrected chi connectivity index (χ0v) is 49.5. The maximum absolute atomic E-state index is 14.6. The molecule has 0 saturated carbocycles. The first-order chi connectivity index (χ1) is 38.6. The largest absolute Gasteiger partial charge is 0.481 e. The fraction of sp³-hybridized carbons (Fsp3) is 0.736. The Morgan fingerprint density at radius 1 is 0.506 bits per heavy atom. The van der Waals surface area contributed by atoms with E-state index >= 15 is 0 Å². The quantitative estimate of drug-likeness (QED) is 0.0294. The Hall–Kier alpha value is -7.50. The average Bonchev–Trinajstić information content (AvgIpc) is 4.26. The van der Waals surface area contributed by atoms with Gasteiger partial charge in [0, 0.05) is 19.5 Å². The maximum atomic E-state index is 14.6. The van der Waals surface area contributed by atoms with E-state index in [1.54, 1.807) is 27.7 Å². The second-order valence-corrected chi connectivity index (χ2v) is 22.5. The standard InChI is InChI=1S/C53H90N14O16/c1-12-26(6)40(64-50(80)37-16-13-19-66(37)52(82)35(22-25(4)5)63-45(75)30(10)58-43(73)27(7)54)53(83)67-20-14-15-36(67)49(79)62-33(21-24(2)3)47(77)61-34(23-39(70)71)48(78)60-32(17-18-38(55)69)46(76)65-41(31(11)68)51(81)59-29(9)44(74)57-28(8)42(56)72/h24-37,40-41,68H,12-23,54H2,1-11H3,(H2,55,69)(H2,56,72)(H,57,74)(H,58,73)(H,59,81)(H,60,78)(H,61,77)(H,62,79)(H,63,75)(H,64,80)(H,65,76)(H,70,71)/t26-,27+,28+,29+,30+,31+,32-,33-,34-,35-,36-,37-,40-,41-/m0/s1. The molecule has 2 fully saturated rings. The van der Waals surface area contributed by atoms with Gasteiger partial charge in [-0.3, -0.25) is 67.1 Å². The third kappa shape index (κ3) is 22.6. The number of carbonyl (C=O) groups is 14. The Morgan fingerprint density at radius 2 is 0.952 bits per heavy atom. The summed E-state index contributed by atoms with van der Waals surface area (Å²) >= 11 is 0. The lowest BCUT2D eigenvalue weighted by Gasteiger charge is -2.34. The lowest BCUT2D eigenvalue weighted by molar-refractivity contribution is -0.145. The van der Waals surface area contributed by atoms with Gasteiger partial charge in [-0.1, -0.05) is 48.0 Å². The highest BCUT2D eigenvalue weighted by Gasteiger charge is 2.44. The van der Waals surface area contributed by atoms with Crippen LogP contribution in [0, 0.1) is 17.8 Å². The molecule has 2 saturated heterocycles. The highest BCUT2D eigenvalue weighted by atomic mass is 16.4. The monoisotopic (exact) mass is 1180 g/mol. The number of hydrogen-bond acceptors (Lipinski definition) is 16. The molecule has 30 nitrogen and oxygen atoms in total. The summed E-state index contributed by atoms with van der Waals surface area (Å²) in [6.45, 7) is 17.5. The number of aliphatic hydroxyl groups excluding tert-OH is 1. The second kappa shape index (κ2) is 33.6. The smallest absolute Gasteiger partial charge is 0.305 e. The SMILES string of the molecule is CC[C@H](C)[C@H](NC(=O)[C@@H]1CCCN1C(=O)[C@H](CC(C)C)NC(=O)[C@@H](C)NC(=O)[C@@H](C)N)C(=O)N1CCC[C@H]1C(=O)N[C@@H](CC(C)C)C(=O)N[C@@H](CC(=O)O)C(=O)N[C@@H](CCC(N)=O)C(=O)N[C@H](C(=O)N[C@H](C)C(=O)N[C@H](C)C(N)=O)[C@@H](C)O. The summed E-state index contributed by atoms with van der Waals surface area (Å²) in [7, 11) is 0. The van der Waals surface area contributed by atoms with E-state index in [0.717, 1.165) is 6.92 Å². The van der Waals surface area contributed by atoms with Crippen molar-refractivity contribution in [1.82, 2.24) is 57.7 Å². The van der Waals surface area contributed by atoms with Crippen LogP contribution in [0.5, 0.6) is 0 Å². The van der Waals surface area contributed by atoms with Gasteiger partial charge in [-0.2, -0.15) is 0 Å². The third-order valence-corrected chi connectivity index (χ3v) is 14.2. The normalized spacial score (nSPS) is 19.3. The molecule has 13 amide bonds. The molecule has 468 valence electrons. The number of carbonyl (C=O) groups excluding carboxylic acids is 13. The van der Waals surface area contributed by atoms with E-state index in [2.05, 4.69) is 47.9 Å². The number of rotatable bonds is 33. The molecule has 0 aliphatic carbocycles. The molecule has 0 bridgehead atoms. The molecule has 0 aromatic heterocycles. The van der Waals surface area contributed by atoms with Crippen LogP contribution in [0.1, 0.15) is 140 Å². The molecule has 0 aromatic carbocycles. The molecule has 0 unspecified atom stereocenters. The summed E-state index contributed by atoms with van der Waals surface area (Å²) in [4.78, 5) is 188. The fourth-order valence-corrected chi connectivity index (χ4v) is 9.21. The van der Waals surface area contributed by atoms with Crippen molar-refractivity contribution in [2.45, 2.75) is 219 Å².